The van der Waals surface area contributed by atoms with Crippen LogP contribution < -0.4 is 4.57 Å². The molecule has 0 bridgehead atoms. The van der Waals surface area contributed by atoms with Crippen LogP contribution in [0.25, 0.3) is 0 Å². The van der Waals surface area contributed by atoms with Gasteiger partial charge in [-0.15, -0.1) is 0 Å². The first-order valence-electron chi connectivity index (χ1n) is 9.43. The van der Waals surface area contributed by atoms with Gasteiger partial charge in [0, 0.05) is 18.6 Å². The summed E-state index contributed by atoms with van der Waals surface area (Å²) in [6.45, 7) is 5.57. The van der Waals surface area contributed by atoms with Crippen molar-refractivity contribution in [3.63, 3.8) is 0 Å². The van der Waals surface area contributed by atoms with Gasteiger partial charge in [0.25, 0.3) is 0 Å². The molecule has 1 heterocycles. The van der Waals surface area contributed by atoms with Crippen LogP contribution in [0.15, 0.2) is 29.4 Å². The predicted octanol–water partition coefficient (Wildman–Crippen LogP) is 4.93. The normalized spacial score (nSPS) is 11.2. The van der Waals surface area contributed by atoms with Gasteiger partial charge in [0.2, 0.25) is 5.82 Å². The van der Waals surface area contributed by atoms with Crippen molar-refractivity contribution in [2.24, 2.45) is 0 Å². The number of benzene rings is 1. The fourth-order valence-corrected chi connectivity index (χ4v) is 3.18. The monoisotopic (exact) mass is 453 g/mol. The molecule has 0 saturated heterocycles. The first-order chi connectivity index (χ1) is 14.0. The molecule has 0 aliphatic carbocycles. The number of aromatic nitrogens is 1. The Labute approximate surface area is 173 Å². The topological polar surface area (TPSA) is 61.1 Å². The molecule has 30 heavy (non-hydrogen) atoms. The van der Waals surface area contributed by atoms with E-state index in [0.717, 1.165) is 0 Å². The van der Waals surface area contributed by atoms with Gasteiger partial charge < -0.3 is 4.55 Å². The van der Waals surface area contributed by atoms with Crippen molar-refractivity contribution in [3.05, 3.63) is 59.2 Å². The van der Waals surface area contributed by atoms with E-state index < -0.39 is 44.1 Å². The Bertz CT molecular complexity index is 905. The SMILES string of the molecule is CCCCCCCC[n+]1ccc(C)cc1.O=S(=O)([O-])c1c(F)c(F)c(F)c(F)c1F. The number of unbranched alkanes of at least 4 members (excludes halogenated alkanes) is 5. The molecule has 0 saturated carbocycles. The molecule has 1 aromatic carbocycles. The van der Waals surface area contributed by atoms with E-state index in [9.17, 15) is 34.9 Å². The van der Waals surface area contributed by atoms with Crippen molar-refractivity contribution in [3.8, 4) is 0 Å². The lowest BCUT2D eigenvalue weighted by Crippen LogP contribution is -2.32. The number of pyridine rings is 1. The van der Waals surface area contributed by atoms with Crippen LogP contribution in [0.2, 0.25) is 0 Å². The van der Waals surface area contributed by atoms with Gasteiger partial charge in [0.15, 0.2) is 35.7 Å². The second kappa shape index (κ2) is 11.9. The quantitative estimate of drug-likeness (QED) is 0.142. The van der Waals surface area contributed by atoms with Gasteiger partial charge in [-0.1, -0.05) is 32.6 Å². The number of halogens is 5. The predicted molar refractivity (Wildman–Crippen MR) is 98.9 cm³/mol. The molecule has 0 aliphatic heterocycles. The Balaban J connectivity index is 0.000000300. The first-order valence-corrected chi connectivity index (χ1v) is 10.8. The standard InChI is InChI=1S/C14H24N.C6HF5O3S/c1-3-4-5-6-7-8-11-15-12-9-14(2)10-13-15;7-1-2(8)4(10)6(15(12,13)14)5(11)3(1)9/h9-10,12-13H,3-8,11H2,1-2H3;(H,12,13,14)/q+1;/p-1. The van der Waals surface area contributed by atoms with Gasteiger partial charge in [-0.05, 0) is 18.9 Å². The number of aryl methyl sites for hydroxylation is 2. The van der Waals surface area contributed by atoms with Crippen LogP contribution in [0.1, 0.15) is 51.0 Å². The van der Waals surface area contributed by atoms with Crippen molar-refractivity contribution < 1.29 is 39.5 Å². The molecule has 0 aliphatic rings. The highest BCUT2D eigenvalue weighted by atomic mass is 32.2. The van der Waals surface area contributed by atoms with Gasteiger partial charge in [-0.25, -0.2) is 34.9 Å². The zero-order valence-corrected chi connectivity index (χ0v) is 17.5. The van der Waals surface area contributed by atoms with E-state index in [1.165, 1.54) is 50.6 Å². The first kappa shape index (κ1) is 26.0. The molecule has 0 fully saturated rings. The smallest absolute Gasteiger partial charge is 0.200 e. The van der Waals surface area contributed by atoms with Crippen LogP contribution in [0.4, 0.5) is 22.0 Å². The molecular formula is C20H24F5NO3S. The maximum atomic E-state index is 12.6. The molecular weight excluding hydrogens is 429 g/mol. The van der Waals surface area contributed by atoms with Gasteiger partial charge in [0.05, 0.1) is 0 Å². The molecule has 2 aromatic rings. The van der Waals surface area contributed by atoms with Gasteiger partial charge in [0.1, 0.15) is 21.6 Å². The van der Waals surface area contributed by atoms with E-state index in [2.05, 4.69) is 42.9 Å². The molecule has 168 valence electrons. The fourth-order valence-electron chi connectivity index (χ4n) is 2.56. The van der Waals surface area contributed by atoms with Crippen LogP contribution in [0.3, 0.4) is 0 Å². The zero-order chi connectivity index (χ0) is 22.9. The Kier molecular flexibility index (Phi) is 10.3. The summed E-state index contributed by atoms with van der Waals surface area (Å²) in [4.78, 5) is -2.38. The summed E-state index contributed by atoms with van der Waals surface area (Å²) in [6, 6.07) is 4.36. The van der Waals surface area contributed by atoms with E-state index in [1.54, 1.807) is 0 Å². The third kappa shape index (κ3) is 7.64. The minimum Gasteiger partial charge on any atom is -0.744 e. The molecule has 0 amide bonds. The molecule has 0 atom stereocenters. The maximum absolute atomic E-state index is 12.6. The summed E-state index contributed by atoms with van der Waals surface area (Å²) in [7, 11) is -5.77. The van der Waals surface area contributed by atoms with E-state index in [1.807, 2.05) is 0 Å². The molecule has 0 radical (unpaired) electrons. The summed E-state index contributed by atoms with van der Waals surface area (Å²) < 4.78 is 95.2. The summed E-state index contributed by atoms with van der Waals surface area (Å²) in [5.74, 6) is -12.8. The summed E-state index contributed by atoms with van der Waals surface area (Å²) in [5, 5.41) is 0. The highest BCUT2D eigenvalue weighted by Gasteiger charge is 2.28. The Morgan fingerprint density at radius 2 is 1.23 bits per heavy atom. The molecule has 1 aromatic heterocycles. The minimum absolute atomic E-state index is 1.17. The molecule has 0 spiro atoms. The minimum atomic E-state index is -5.77. The third-order valence-electron chi connectivity index (χ3n) is 4.25. The number of nitrogens with zero attached hydrogens (tertiary/aromatic N) is 1. The van der Waals surface area contributed by atoms with Crippen LogP contribution in [-0.2, 0) is 16.7 Å². The zero-order valence-electron chi connectivity index (χ0n) is 16.7. The van der Waals surface area contributed by atoms with Crippen molar-refractivity contribution >= 4 is 10.1 Å². The molecule has 4 nitrogen and oxygen atoms in total. The lowest BCUT2D eigenvalue weighted by molar-refractivity contribution is -0.697. The van der Waals surface area contributed by atoms with Crippen molar-refractivity contribution in [1.82, 2.24) is 0 Å². The van der Waals surface area contributed by atoms with Crippen LogP contribution in [0, 0.1) is 36.0 Å². The second-order valence-electron chi connectivity index (χ2n) is 6.73. The molecule has 10 heteroatoms. The summed E-state index contributed by atoms with van der Waals surface area (Å²) in [6.07, 6.45) is 12.6. The van der Waals surface area contributed by atoms with E-state index in [-0.39, 0.29) is 0 Å². The number of hydrogen-bond donors (Lipinski definition) is 0. The van der Waals surface area contributed by atoms with Crippen molar-refractivity contribution in [2.45, 2.75) is 63.8 Å². The Morgan fingerprint density at radius 3 is 1.70 bits per heavy atom. The highest BCUT2D eigenvalue weighted by molar-refractivity contribution is 7.85. The van der Waals surface area contributed by atoms with Crippen LogP contribution in [-0.4, -0.2) is 13.0 Å². The van der Waals surface area contributed by atoms with E-state index in [0.29, 0.717) is 0 Å². The summed E-state index contributed by atoms with van der Waals surface area (Å²) >= 11 is 0. The van der Waals surface area contributed by atoms with Crippen LogP contribution in [0.5, 0.6) is 0 Å². The highest BCUT2D eigenvalue weighted by Crippen LogP contribution is 2.26. The van der Waals surface area contributed by atoms with Crippen LogP contribution >= 0.6 is 0 Å². The Morgan fingerprint density at radius 1 is 0.800 bits per heavy atom. The Hall–Kier alpha value is -2.07. The maximum Gasteiger partial charge on any atom is 0.200 e. The van der Waals surface area contributed by atoms with Gasteiger partial charge >= 0.3 is 0 Å². The van der Waals surface area contributed by atoms with Gasteiger partial charge in [-0.3, -0.25) is 0 Å². The number of hydrogen-bond acceptors (Lipinski definition) is 3. The van der Waals surface area contributed by atoms with E-state index in [4.69, 9.17) is 0 Å². The van der Waals surface area contributed by atoms with Gasteiger partial charge in [-0.2, -0.15) is 0 Å². The average molecular weight is 453 g/mol. The number of rotatable bonds is 8. The fraction of sp³-hybridized carbons (Fsp3) is 0.450. The lowest BCUT2D eigenvalue weighted by Gasteiger charge is -2.10. The third-order valence-corrected chi connectivity index (χ3v) is 5.11. The van der Waals surface area contributed by atoms with E-state index >= 15 is 0 Å². The average Bonchev–Trinajstić information content (AvgIpc) is 2.68. The van der Waals surface area contributed by atoms with Crippen molar-refractivity contribution in [2.75, 3.05) is 0 Å². The molecule has 2 rings (SSSR count). The second-order valence-corrected chi connectivity index (χ2v) is 8.05. The molecule has 0 unspecified atom stereocenters. The summed E-state index contributed by atoms with van der Waals surface area (Å²) in [5.41, 5.74) is 1.34. The van der Waals surface area contributed by atoms with Crippen molar-refractivity contribution in [1.29, 1.82) is 0 Å². The molecule has 0 N–H and O–H groups in total. The largest absolute Gasteiger partial charge is 0.744 e. The lowest BCUT2D eigenvalue weighted by atomic mass is 10.1.